The number of fused-ring (bicyclic) bond motifs is 1. The summed E-state index contributed by atoms with van der Waals surface area (Å²) in [5.74, 6) is -0.194. The predicted octanol–water partition coefficient (Wildman–Crippen LogP) is 2.52. The van der Waals surface area contributed by atoms with Crippen LogP contribution >= 0.6 is 0 Å². The van der Waals surface area contributed by atoms with E-state index in [1.54, 1.807) is 12.1 Å². The highest BCUT2D eigenvalue weighted by Gasteiger charge is 2.05. The van der Waals surface area contributed by atoms with E-state index in [0.717, 1.165) is 23.9 Å². The maximum absolute atomic E-state index is 12.9. The minimum absolute atomic E-state index is 0.158. The van der Waals surface area contributed by atoms with E-state index in [1.165, 1.54) is 6.07 Å². The molecule has 2 aromatic rings. The Morgan fingerprint density at radius 3 is 2.93 bits per heavy atom. The maximum atomic E-state index is 12.9. The highest BCUT2D eigenvalue weighted by molar-refractivity contribution is 5.80. The van der Waals surface area contributed by atoms with Gasteiger partial charge < -0.3 is 10.3 Å². The molecule has 0 aliphatic carbocycles. The molecule has 0 fully saturated rings. The van der Waals surface area contributed by atoms with Gasteiger partial charge in [0, 0.05) is 29.7 Å². The Morgan fingerprint density at radius 1 is 1.40 bits per heavy atom. The molecule has 2 N–H and O–H groups in total. The summed E-state index contributed by atoms with van der Waals surface area (Å²) >= 11 is 0. The molecule has 0 radical (unpaired) electrons. The van der Waals surface area contributed by atoms with E-state index in [-0.39, 0.29) is 11.9 Å². The van der Waals surface area contributed by atoms with Gasteiger partial charge in [0.15, 0.2) is 0 Å². The Bertz CT molecular complexity index is 462. The number of hydrogen-bond acceptors (Lipinski definition) is 1. The molecule has 3 heteroatoms. The van der Waals surface area contributed by atoms with Gasteiger partial charge in [-0.25, -0.2) is 4.39 Å². The minimum atomic E-state index is -0.194. The van der Waals surface area contributed by atoms with Gasteiger partial charge >= 0.3 is 0 Å². The summed E-state index contributed by atoms with van der Waals surface area (Å²) in [6.07, 6.45) is 2.90. The molecule has 0 bridgehead atoms. The van der Waals surface area contributed by atoms with Gasteiger partial charge in [0.05, 0.1) is 0 Å². The summed E-state index contributed by atoms with van der Waals surface area (Å²) in [6.45, 7) is 2.85. The van der Waals surface area contributed by atoms with Crippen LogP contribution < -0.4 is 5.73 Å². The Labute approximate surface area is 88.5 Å². The number of aromatic nitrogens is 1. The Kier molecular flexibility index (Phi) is 2.73. The highest BCUT2D eigenvalue weighted by Crippen LogP contribution is 2.17. The molecule has 1 aromatic heterocycles. The molecular formula is C12H15FN2. The van der Waals surface area contributed by atoms with E-state index in [9.17, 15) is 4.39 Å². The van der Waals surface area contributed by atoms with Crippen LogP contribution in [-0.2, 0) is 6.54 Å². The molecule has 2 nitrogen and oxygen atoms in total. The average Bonchev–Trinajstić information content (AvgIpc) is 2.60. The Hall–Kier alpha value is -1.35. The van der Waals surface area contributed by atoms with Crippen molar-refractivity contribution < 1.29 is 4.39 Å². The minimum Gasteiger partial charge on any atom is -0.346 e. The van der Waals surface area contributed by atoms with Crippen molar-refractivity contribution in [2.24, 2.45) is 5.73 Å². The number of halogens is 1. The molecule has 0 aliphatic rings. The molecule has 0 spiro atoms. The summed E-state index contributed by atoms with van der Waals surface area (Å²) in [5, 5.41) is 0.929. The quantitative estimate of drug-likeness (QED) is 0.822. The first-order valence-electron chi connectivity index (χ1n) is 5.20. The van der Waals surface area contributed by atoms with Crippen molar-refractivity contribution in [3.05, 3.63) is 36.3 Å². The zero-order valence-electron chi connectivity index (χ0n) is 8.78. The molecule has 0 amide bonds. The SMILES string of the molecule is CC[C@@H](N)Cn1ccc2cc(F)ccc21. The Morgan fingerprint density at radius 2 is 2.20 bits per heavy atom. The monoisotopic (exact) mass is 206 g/mol. The van der Waals surface area contributed by atoms with Crippen LogP contribution in [0.4, 0.5) is 4.39 Å². The number of hydrogen-bond donors (Lipinski definition) is 1. The fourth-order valence-corrected chi connectivity index (χ4v) is 1.71. The second-order valence-electron chi connectivity index (χ2n) is 3.84. The van der Waals surface area contributed by atoms with Gasteiger partial charge in [-0.1, -0.05) is 6.92 Å². The molecule has 1 aromatic carbocycles. The molecule has 1 atom stereocenters. The van der Waals surface area contributed by atoms with E-state index in [2.05, 4.69) is 11.5 Å². The predicted molar refractivity (Wildman–Crippen MR) is 60.2 cm³/mol. The van der Waals surface area contributed by atoms with Crippen molar-refractivity contribution in [3.63, 3.8) is 0 Å². The number of nitrogens with zero attached hydrogens (tertiary/aromatic N) is 1. The van der Waals surface area contributed by atoms with E-state index in [4.69, 9.17) is 5.73 Å². The normalized spacial score (nSPS) is 13.3. The maximum Gasteiger partial charge on any atom is 0.123 e. The van der Waals surface area contributed by atoms with Crippen molar-refractivity contribution >= 4 is 10.9 Å². The first-order valence-corrected chi connectivity index (χ1v) is 5.20. The summed E-state index contributed by atoms with van der Waals surface area (Å²) in [7, 11) is 0. The van der Waals surface area contributed by atoms with Gasteiger partial charge in [-0.3, -0.25) is 0 Å². The van der Waals surface area contributed by atoms with E-state index in [1.807, 2.05) is 12.3 Å². The number of rotatable bonds is 3. The topological polar surface area (TPSA) is 30.9 Å². The molecule has 0 saturated carbocycles. The summed E-state index contributed by atoms with van der Waals surface area (Å²) in [4.78, 5) is 0. The average molecular weight is 206 g/mol. The van der Waals surface area contributed by atoms with E-state index >= 15 is 0 Å². The van der Waals surface area contributed by atoms with Crippen molar-refractivity contribution in [1.29, 1.82) is 0 Å². The van der Waals surface area contributed by atoms with Crippen LogP contribution in [0.2, 0.25) is 0 Å². The molecule has 0 unspecified atom stereocenters. The molecular weight excluding hydrogens is 191 g/mol. The second-order valence-corrected chi connectivity index (χ2v) is 3.84. The zero-order chi connectivity index (χ0) is 10.8. The largest absolute Gasteiger partial charge is 0.346 e. The Balaban J connectivity index is 2.36. The van der Waals surface area contributed by atoms with Crippen LogP contribution in [0.3, 0.4) is 0 Å². The lowest BCUT2D eigenvalue weighted by molar-refractivity contribution is 0.550. The van der Waals surface area contributed by atoms with Crippen LogP contribution in [-0.4, -0.2) is 10.6 Å². The molecule has 0 saturated heterocycles. The van der Waals surface area contributed by atoms with Crippen molar-refractivity contribution in [3.8, 4) is 0 Å². The third kappa shape index (κ3) is 2.02. The first kappa shape index (κ1) is 10.2. The van der Waals surface area contributed by atoms with Crippen LogP contribution in [0.15, 0.2) is 30.5 Å². The standard InChI is InChI=1S/C12H15FN2/c1-2-11(14)8-15-6-5-9-7-10(13)3-4-12(9)15/h3-7,11H,2,8,14H2,1H3/t11-/m1/s1. The third-order valence-corrected chi connectivity index (χ3v) is 2.69. The lowest BCUT2D eigenvalue weighted by Crippen LogP contribution is -2.24. The fourth-order valence-electron chi connectivity index (χ4n) is 1.71. The lowest BCUT2D eigenvalue weighted by Gasteiger charge is -2.11. The second kappa shape index (κ2) is 4.03. The van der Waals surface area contributed by atoms with Gasteiger partial charge in [-0.05, 0) is 30.7 Å². The van der Waals surface area contributed by atoms with Gasteiger partial charge in [-0.2, -0.15) is 0 Å². The molecule has 1 heterocycles. The molecule has 0 aliphatic heterocycles. The van der Waals surface area contributed by atoms with Gasteiger partial charge in [-0.15, -0.1) is 0 Å². The highest BCUT2D eigenvalue weighted by atomic mass is 19.1. The van der Waals surface area contributed by atoms with E-state index < -0.39 is 0 Å². The van der Waals surface area contributed by atoms with Crippen LogP contribution in [0, 0.1) is 5.82 Å². The summed E-state index contributed by atoms with van der Waals surface area (Å²) in [5.41, 5.74) is 6.93. The fraction of sp³-hybridized carbons (Fsp3) is 0.333. The van der Waals surface area contributed by atoms with Crippen molar-refractivity contribution in [2.45, 2.75) is 25.9 Å². The third-order valence-electron chi connectivity index (χ3n) is 2.69. The van der Waals surface area contributed by atoms with Gasteiger partial charge in [0.2, 0.25) is 0 Å². The number of nitrogens with two attached hydrogens (primary N) is 1. The number of benzene rings is 1. The molecule has 15 heavy (non-hydrogen) atoms. The zero-order valence-corrected chi connectivity index (χ0v) is 8.78. The van der Waals surface area contributed by atoms with Crippen LogP contribution in [0.25, 0.3) is 10.9 Å². The van der Waals surface area contributed by atoms with Gasteiger partial charge in [0.25, 0.3) is 0 Å². The van der Waals surface area contributed by atoms with Crippen molar-refractivity contribution in [1.82, 2.24) is 4.57 Å². The smallest absolute Gasteiger partial charge is 0.123 e. The molecule has 2 rings (SSSR count). The summed E-state index contributed by atoms with van der Waals surface area (Å²) < 4.78 is 15.0. The summed E-state index contributed by atoms with van der Waals surface area (Å²) in [6, 6.07) is 6.90. The first-order chi connectivity index (χ1) is 7.20. The van der Waals surface area contributed by atoms with Crippen LogP contribution in [0.1, 0.15) is 13.3 Å². The van der Waals surface area contributed by atoms with E-state index in [0.29, 0.717) is 0 Å². The van der Waals surface area contributed by atoms with Crippen molar-refractivity contribution in [2.75, 3.05) is 0 Å². The lowest BCUT2D eigenvalue weighted by atomic mass is 10.2. The van der Waals surface area contributed by atoms with Gasteiger partial charge in [0.1, 0.15) is 5.82 Å². The van der Waals surface area contributed by atoms with Crippen LogP contribution in [0.5, 0.6) is 0 Å². The molecule has 80 valence electrons.